The molecule has 24 heavy (non-hydrogen) atoms. The van der Waals surface area contributed by atoms with Gasteiger partial charge in [0.25, 0.3) is 0 Å². The Morgan fingerprint density at radius 1 is 1.25 bits per heavy atom. The van der Waals surface area contributed by atoms with Gasteiger partial charge in [-0.2, -0.15) is 13.2 Å². The van der Waals surface area contributed by atoms with Gasteiger partial charge in [-0.25, -0.2) is 4.98 Å². The largest absolute Gasteiger partial charge is 0.416 e. The third-order valence-electron chi connectivity index (χ3n) is 3.58. The van der Waals surface area contributed by atoms with Crippen LogP contribution < -0.4 is 10.6 Å². The fourth-order valence-corrected chi connectivity index (χ4v) is 2.89. The van der Waals surface area contributed by atoms with Crippen molar-refractivity contribution in [3.8, 4) is 0 Å². The van der Waals surface area contributed by atoms with Gasteiger partial charge < -0.3 is 10.6 Å². The molecule has 0 radical (unpaired) electrons. The number of alkyl halides is 3. The second-order valence-corrected chi connectivity index (χ2v) is 6.75. The van der Waals surface area contributed by atoms with E-state index in [0.717, 1.165) is 16.6 Å². The Labute approximate surface area is 142 Å². The number of aryl methyl sites for hydroxylation is 3. The predicted molar refractivity (Wildman–Crippen MR) is 89.5 cm³/mol. The van der Waals surface area contributed by atoms with Crippen molar-refractivity contribution < 1.29 is 18.0 Å². The number of thiazole rings is 1. The van der Waals surface area contributed by atoms with Gasteiger partial charge in [0.05, 0.1) is 11.3 Å². The first kappa shape index (κ1) is 18.3. The van der Waals surface area contributed by atoms with Crippen LogP contribution in [0.5, 0.6) is 0 Å². The average molecular weight is 357 g/mol. The van der Waals surface area contributed by atoms with E-state index in [0.29, 0.717) is 5.13 Å². The highest BCUT2D eigenvalue weighted by Gasteiger charge is 2.32. The fourth-order valence-electron chi connectivity index (χ4n) is 2.07. The highest BCUT2D eigenvalue weighted by molar-refractivity contribution is 7.15. The molecule has 0 fully saturated rings. The Bertz CT molecular complexity index is 736. The normalized spacial score (nSPS) is 12.8. The molecule has 1 heterocycles. The highest BCUT2D eigenvalue weighted by Crippen LogP contribution is 2.33. The molecule has 1 aromatic carbocycles. The van der Waals surface area contributed by atoms with Crippen LogP contribution in [0, 0.1) is 20.8 Å². The molecule has 0 spiro atoms. The smallest absolute Gasteiger partial charge is 0.374 e. The standard InChI is InChI=1S/C16H18F3N3OS/c1-8-5-6-12(7-13(8)16(17,18)19)20-10(3)14(23)22-15-21-9(2)11(4)24-15/h5-7,10,20H,1-4H3,(H,21,22,23). The van der Waals surface area contributed by atoms with Crippen molar-refractivity contribution in [3.05, 3.63) is 39.9 Å². The first-order valence-electron chi connectivity index (χ1n) is 7.27. The van der Waals surface area contributed by atoms with Crippen molar-refractivity contribution in [2.45, 2.75) is 39.9 Å². The summed E-state index contributed by atoms with van der Waals surface area (Å²) < 4.78 is 38.8. The summed E-state index contributed by atoms with van der Waals surface area (Å²) in [6.45, 7) is 6.72. The number of benzene rings is 1. The summed E-state index contributed by atoms with van der Waals surface area (Å²) in [6.07, 6.45) is -4.43. The monoisotopic (exact) mass is 357 g/mol. The lowest BCUT2D eigenvalue weighted by Gasteiger charge is -2.17. The molecule has 0 aliphatic rings. The van der Waals surface area contributed by atoms with E-state index in [-0.39, 0.29) is 17.2 Å². The maximum Gasteiger partial charge on any atom is 0.416 e. The van der Waals surface area contributed by atoms with Crippen LogP contribution in [0.15, 0.2) is 18.2 Å². The number of carbonyl (C=O) groups excluding carboxylic acids is 1. The lowest BCUT2D eigenvalue weighted by molar-refractivity contribution is -0.138. The number of nitrogens with zero attached hydrogens (tertiary/aromatic N) is 1. The summed E-state index contributed by atoms with van der Waals surface area (Å²) in [4.78, 5) is 17.4. The molecule has 1 unspecified atom stereocenters. The van der Waals surface area contributed by atoms with Crippen LogP contribution in [0.1, 0.15) is 28.6 Å². The van der Waals surface area contributed by atoms with E-state index in [1.54, 1.807) is 6.92 Å². The lowest BCUT2D eigenvalue weighted by atomic mass is 10.1. The predicted octanol–water partition coefficient (Wildman–Crippen LogP) is 4.53. The van der Waals surface area contributed by atoms with Crippen LogP contribution in [-0.2, 0) is 11.0 Å². The maximum atomic E-state index is 12.9. The molecule has 4 nitrogen and oxygen atoms in total. The number of anilines is 2. The zero-order valence-electron chi connectivity index (χ0n) is 13.7. The van der Waals surface area contributed by atoms with Crippen molar-refractivity contribution >= 4 is 28.1 Å². The number of halogens is 3. The summed E-state index contributed by atoms with van der Waals surface area (Å²) in [6, 6.07) is 3.20. The Hall–Kier alpha value is -2.09. The molecule has 0 saturated heterocycles. The molecule has 0 saturated carbocycles. The molecule has 0 bridgehead atoms. The quantitative estimate of drug-likeness (QED) is 0.845. The third kappa shape index (κ3) is 4.25. The molecule has 1 atom stereocenters. The molecule has 2 rings (SSSR count). The van der Waals surface area contributed by atoms with Gasteiger partial charge in [-0.15, -0.1) is 11.3 Å². The Morgan fingerprint density at radius 2 is 1.92 bits per heavy atom. The molecule has 2 aromatic rings. The molecular formula is C16H18F3N3OS. The lowest BCUT2D eigenvalue weighted by Crippen LogP contribution is -2.32. The van der Waals surface area contributed by atoms with E-state index in [4.69, 9.17) is 0 Å². The van der Waals surface area contributed by atoms with Gasteiger partial charge in [-0.1, -0.05) is 6.07 Å². The first-order chi connectivity index (χ1) is 11.1. The number of rotatable bonds is 4. The van der Waals surface area contributed by atoms with Crippen LogP contribution >= 0.6 is 11.3 Å². The number of hydrogen-bond donors (Lipinski definition) is 2. The molecule has 0 aliphatic heterocycles. The van der Waals surface area contributed by atoms with Crippen molar-refractivity contribution in [2.75, 3.05) is 10.6 Å². The summed E-state index contributed by atoms with van der Waals surface area (Å²) >= 11 is 1.35. The molecule has 2 N–H and O–H groups in total. The summed E-state index contributed by atoms with van der Waals surface area (Å²) in [5.74, 6) is -0.363. The van der Waals surface area contributed by atoms with Crippen LogP contribution in [0.4, 0.5) is 24.0 Å². The number of carbonyl (C=O) groups is 1. The van der Waals surface area contributed by atoms with Crippen LogP contribution in [0.2, 0.25) is 0 Å². The van der Waals surface area contributed by atoms with Gasteiger partial charge >= 0.3 is 6.18 Å². The minimum atomic E-state index is -4.43. The molecule has 1 amide bonds. The highest BCUT2D eigenvalue weighted by atomic mass is 32.1. The van der Waals surface area contributed by atoms with Crippen molar-refractivity contribution in [1.82, 2.24) is 4.98 Å². The first-order valence-corrected chi connectivity index (χ1v) is 8.09. The summed E-state index contributed by atoms with van der Waals surface area (Å²) in [7, 11) is 0. The zero-order valence-corrected chi connectivity index (χ0v) is 14.5. The number of hydrogen-bond acceptors (Lipinski definition) is 4. The van der Waals surface area contributed by atoms with Crippen molar-refractivity contribution in [3.63, 3.8) is 0 Å². The van der Waals surface area contributed by atoms with E-state index >= 15 is 0 Å². The second-order valence-electron chi connectivity index (χ2n) is 5.54. The minimum Gasteiger partial charge on any atom is -0.374 e. The average Bonchev–Trinajstić information content (AvgIpc) is 2.78. The van der Waals surface area contributed by atoms with E-state index < -0.39 is 17.8 Å². The maximum absolute atomic E-state index is 12.9. The van der Waals surface area contributed by atoms with Gasteiger partial charge in [0.15, 0.2) is 5.13 Å². The number of aromatic nitrogens is 1. The fraction of sp³-hybridized carbons (Fsp3) is 0.375. The van der Waals surface area contributed by atoms with E-state index in [9.17, 15) is 18.0 Å². The SMILES string of the molecule is Cc1ccc(NC(C)C(=O)Nc2nc(C)c(C)s2)cc1C(F)(F)F. The summed E-state index contributed by atoms with van der Waals surface area (Å²) in [5, 5.41) is 5.93. The third-order valence-corrected chi connectivity index (χ3v) is 4.57. The van der Waals surface area contributed by atoms with Crippen molar-refractivity contribution in [1.29, 1.82) is 0 Å². The Balaban J connectivity index is 2.08. The topological polar surface area (TPSA) is 54.0 Å². The van der Waals surface area contributed by atoms with Gasteiger partial charge in [-0.3, -0.25) is 4.79 Å². The van der Waals surface area contributed by atoms with E-state index in [1.165, 1.54) is 30.4 Å². The zero-order chi connectivity index (χ0) is 18.1. The van der Waals surface area contributed by atoms with Gasteiger partial charge in [-0.05, 0) is 45.4 Å². The van der Waals surface area contributed by atoms with Crippen LogP contribution in [-0.4, -0.2) is 16.9 Å². The second kappa shape index (κ2) is 6.80. The Morgan fingerprint density at radius 3 is 2.46 bits per heavy atom. The summed E-state index contributed by atoms with van der Waals surface area (Å²) in [5.41, 5.74) is 0.497. The van der Waals surface area contributed by atoms with E-state index in [1.807, 2.05) is 13.8 Å². The molecule has 130 valence electrons. The van der Waals surface area contributed by atoms with Gasteiger partial charge in [0.1, 0.15) is 6.04 Å². The van der Waals surface area contributed by atoms with Crippen LogP contribution in [0.3, 0.4) is 0 Å². The minimum absolute atomic E-state index is 0.138. The number of amides is 1. The van der Waals surface area contributed by atoms with Gasteiger partial charge in [0.2, 0.25) is 5.91 Å². The number of nitrogens with one attached hydrogen (secondary N) is 2. The molecule has 1 aromatic heterocycles. The van der Waals surface area contributed by atoms with Crippen molar-refractivity contribution in [2.24, 2.45) is 0 Å². The van der Waals surface area contributed by atoms with Gasteiger partial charge in [0, 0.05) is 10.6 Å². The molecule has 0 aliphatic carbocycles. The Kier molecular flexibility index (Phi) is 5.17. The van der Waals surface area contributed by atoms with Crippen LogP contribution in [0.25, 0.3) is 0 Å². The molecule has 8 heteroatoms. The molecular weight excluding hydrogens is 339 g/mol. The van der Waals surface area contributed by atoms with E-state index in [2.05, 4.69) is 15.6 Å².